The number of aryl methyl sites for hydroxylation is 1. The van der Waals surface area contributed by atoms with Gasteiger partial charge in [-0.05, 0) is 36.2 Å². The smallest absolute Gasteiger partial charge is 0.0591 e. The van der Waals surface area contributed by atoms with Gasteiger partial charge < -0.3 is 5.32 Å². The van der Waals surface area contributed by atoms with Crippen LogP contribution < -0.4 is 5.32 Å². The van der Waals surface area contributed by atoms with Gasteiger partial charge in [0.1, 0.15) is 0 Å². The molecular formula is C16H18ClN. The summed E-state index contributed by atoms with van der Waals surface area (Å²) in [5.41, 5.74) is 3.56. The van der Waals surface area contributed by atoms with E-state index in [1.165, 1.54) is 11.1 Å². The van der Waals surface area contributed by atoms with Crippen molar-refractivity contribution in [2.75, 3.05) is 6.54 Å². The van der Waals surface area contributed by atoms with Gasteiger partial charge in [-0.15, -0.1) is 0 Å². The second-order valence-electron chi connectivity index (χ2n) is 4.43. The summed E-state index contributed by atoms with van der Waals surface area (Å²) in [4.78, 5) is 0. The van der Waals surface area contributed by atoms with Crippen LogP contribution in [0.1, 0.15) is 29.7 Å². The molecule has 0 aliphatic carbocycles. The van der Waals surface area contributed by atoms with Gasteiger partial charge in [0.05, 0.1) is 6.04 Å². The molecule has 0 aliphatic rings. The first-order valence-electron chi connectivity index (χ1n) is 6.26. The van der Waals surface area contributed by atoms with Crippen molar-refractivity contribution in [2.24, 2.45) is 0 Å². The molecule has 94 valence electrons. The number of hydrogen-bond acceptors (Lipinski definition) is 1. The molecule has 2 aromatic carbocycles. The molecule has 0 bridgehead atoms. The Morgan fingerprint density at radius 2 is 1.83 bits per heavy atom. The van der Waals surface area contributed by atoms with Gasteiger partial charge in [0, 0.05) is 5.02 Å². The van der Waals surface area contributed by atoms with Crippen LogP contribution >= 0.6 is 11.6 Å². The Morgan fingerprint density at radius 3 is 2.44 bits per heavy atom. The maximum atomic E-state index is 6.37. The number of rotatable bonds is 4. The molecule has 2 heteroatoms. The fraction of sp³-hybridized carbons (Fsp3) is 0.250. The standard InChI is InChI=1S/C16H18ClN/c1-3-18-16(13-7-5-4-6-8-13)14-10-9-12(2)11-15(14)17/h4-11,16,18H,3H2,1-2H3. The van der Waals surface area contributed by atoms with Crippen LogP contribution in [0.3, 0.4) is 0 Å². The van der Waals surface area contributed by atoms with Gasteiger partial charge in [-0.25, -0.2) is 0 Å². The zero-order valence-corrected chi connectivity index (χ0v) is 11.5. The van der Waals surface area contributed by atoms with E-state index < -0.39 is 0 Å². The Hall–Kier alpha value is -1.31. The van der Waals surface area contributed by atoms with Gasteiger partial charge in [-0.1, -0.05) is 61.0 Å². The molecule has 0 amide bonds. The lowest BCUT2D eigenvalue weighted by Crippen LogP contribution is -2.22. The molecule has 0 aliphatic heterocycles. The summed E-state index contributed by atoms with van der Waals surface area (Å²) in [5.74, 6) is 0. The summed E-state index contributed by atoms with van der Waals surface area (Å²) in [6.45, 7) is 5.07. The second kappa shape index (κ2) is 6.03. The summed E-state index contributed by atoms with van der Waals surface area (Å²) in [7, 11) is 0. The molecule has 0 fully saturated rings. The molecule has 2 rings (SSSR count). The highest BCUT2D eigenvalue weighted by atomic mass is 35.5. The molecule has 0 saturated carbocycles. The van der Waals surface area contributed by atoms with E-state index in [-0.39, 0.29) is 6.04 Å². The minimum atomic E-state index is 0.157. The van der Waals surface area contributed by atoms with E-state index in [4.69, 9.17) is 11.6 Å². The molecule has 0 radical (unpaired) electrons. The van der Waals surface area contributed by atoms with Crippen LogP contribution in [0, 0.1) is 6.92 Å². The molecule has 1 nitrogen and oxygen atoms in total. The monoisotopic (exact) mass is 259 g/mol. The summed E-state index contributed by atoms with van der Waals surface area (Å²) >= 11 is 6.37. The third kappa shape index (κ3) is 2.92. The van der Waals surface area contributed by atoms with E-state index >= 15 is 0 Å². The Bertz CT molecular complexity index is 508. The highest BCUT2D eigenvalue weighted by Crippen LogP contribution is 2.28. The average molecular weight is 260 g/mol. The zero-order valence-electron chi connectivity index (χ0n) is 10.8. The highest BCUT2D eigenvalue weighted by Gasteiger charge is 2.15. The Morgan fingerprint density at radius 1 is 1.11 bits per heavy atom. The SMILES string of the molecule is CCNC(c1ccccc1)c1ccc(C)cc1Cl. The van der Waals surface area contributed by atoms with Crippen molar-refractivity contribution in [3.63, 3.8) is 0 Å². The van der Waals surface area contributed by atoms with Crippen molar-refractivity contribution in [1.82, 2.24) is 5.32 Å². The molecule has 2 aromatic rings. The Labute approximate surface area is 114 Å². The first-order chi connectivity index (χ1) is 8.72. The fourth-order valence-corrected chi connectivity index (χ4v) is 2.47. The molecule has 18 heavy (non-hydrogen) atoms. The van der Waals surface area contributed by atoms with E-state index in [1.54, 1.807) is 0 Å². The van der Waals surface area contributed by atoms with E-state index in [2.05, 4.69) is 55.6 Å². The zero-order chi connectivity index (χ0) is 13.0. The molecule has 0 saturated heterocycles. The van der Waals surface area contributed by atoms with E-state index in [9.17, 15) is 0 Å². The predicted octanol–water partition coefficient (Wildman–Crippen LogP) is 4.35. The first-order valence-corrected chi connectivity index (χ1v) is 6.64. The molecule has 0 spiro atoms. The number of benzene rings is 2. The topological polar surface area (TPSA) is 12.0 Å². The van der Waals surface area contributed by atoms with Crippen molar-refractivity contribution in [3.05, 3.63) is 70.2 Å². The van der Waals surface area contributed by atoms with E-state index in [1.807, 2.05) is 12.1 Å². The van der Waals surface area contributed by atoms with Crippen LogP contribution in [0.15, 0.2) is 48.5 Å². The lowest BCUT2D eigenvalue weighted by molar-refractivity contribution is 0.631. The predicted molar refractivity (Wildman–Crippen MR) is 78.2 cm³/mol. The van der Waals surface area contributed by atoms with Gasteiger partial charge in [-0.2, -0.15) is 0 Å². The van der Waals surface area contributed by atoms with Crippen LogP contribution in [0.25, 0.3) is 0 Å². The molecule has 1 N–H and O–H groups in total. The maximum Gasteiger partial charge on any atom is 0.0591 e. The summed E-state index contributed by atoms with van der Waals surface area (Å²) in [6, 6.07) is 16.8. The van der Waals surface area contributed by atoms with Crippen LogP contribution in [0.2, 0.25) is 5.02 Å². The van der Waals surface area contributed by atoms with E-state index in [0.29, 0.717) is 0 Å². The molecule has 1 atom stereocenters. The average Bonchev–Trinajstić information content (AvgIpc) is 2.38. The van der Waals surface area contributed by atoms with Gasteiger partial charge >= 0.3 is 0 Å². The Balaban J connectivity index is 2.41. The van der Waals surface area contributed by atoms with Gasteiger partial charge in [0.2, 0.25) is 0 Å². The van der Waals surface area contributed by atoms with Crippen molar-refractivity contribution >= 4 is 11.6 Å². The molecule has 0 aromatic heterocycles. The largest absolute Gasteiger partial charge is 0.306 e. The summed E-state index contributed by atoms with van der Waals surface area (Å²) in [6.07, 6.45) is 0. The number of hydrogen-bond donors (Lipinski definition) is 1. The van der Waals surface area contributed by atoms with Crippen LogP contribution in [0.4, 0.5) is 0 Å². The van der Waals surface area contributed by atoms with Crippen molar-refractivity contribution in [3.8, 4) is 0 Å². The minimum absolute atomic E-state index is 0.157. The third-order valence-electron chi connectivity index (χ3n) is 3.01. The molecular weight excluding hydrogens is 242 g/mol. The lowest BCUT2D eigenvalue weighted by atomic mass is 9.98. The van der Waals surface area contributed by atoms with Gasteiger partial charge in [0.15, 0.2) is 0 Å². The maximum absolute atomic E-state index is 6.37. The first kappa shape index (κ1) is 13.1. The number of nitrogens with one attached hydrogen (secondary N) is 1. The normalized spacial score (nSPS) is 12.4. The van der Waals surface area contributed by atoms with Gasteiger partial charge in [-0.3, -0.25) is 0 Å². The second-order valence-corrected chi connectivity index (χ2v) is 4.83. The summed E-state index contributed by atoms with van der Waals surface area (Å²) in [5, 5.41) is 4.31. The van der Waals surface area contributed by atoms with Crippen LogP contribution in [0.5, 0.6) is 0 Å². The third-order valence-corrected chi connectivity index (χ3v) is 3.34. The number of halogens is 1. The van der Waals surface area contributed by atoms with E-state index in [0.717, 1.165) is 17.1 Å². The Kier molecular flexibility index (Phi) is 4.40. The van der Waals surface area contributed by atoms with Crippen LogP contribution in [-0.2, 0) is 0 Å². The van der Waals surface area contributed by atoms with Gasteiger partial charge in [0.25, 0.3) is 0 Å². The minimum Gasteiger partial charge on any atom is -0.306 e. The molecule has 1 unspecified atom stereocenters. The fourth-order valence-electron chi connectivity index (χ4n) is 2.12. The van der Waals surface area contributed by atoms with Crippen LogP contribution in [-0.4, -0.2) is 6.54 Å². The van der Waals surface area contributed by atoms with Crippen molar-refractivity contribution < 1.29 is 0 Å². The highest BCUT2D eigenvalue weighted by molar-refractivity contribution is 6.31. The summed E-state index contributed by atoms with van der Waals surface area (Å²) < 4.78 is 0. The quantitative estimate of drug-likeness (QED) is 0.861. The van der Waals surface area contributed by atoms with Crippen molar-refractivity contribution in [1.29, 1.82) is 0 Å². The molecule has 0 heterocycles. The van der Waals surface area contributed by atoms with Crippen molar-refractivity contribution in [2.45, 2.75) is 19.9 Å². The lowest BCUT2D eigenvalue weighted by Gasteiger charge is -2.20.